The molecule has 0 amide bonds. The van der Waals surface area contributed by atoms with E-state index in [0.717, 1.165) is 12.8 Å². The van der Waals surface area contributed by atoms with E-state index in [1.165, 1.54) is 0 Å². The number of hydrogen-bond donors (Lipinski definition) is 0. The van der Waals surface area contributed by atoms with Gasteiger partial charge >= 0.3 is 0 Å². The van der Waals surface area contributed by atoms with Gasteiger partial charge in [-0.3, -0.25) is 9.59 Å². The van der Waals surface area contributed by atoms with Crippen LogP contribution in [-0.2, 0) is 9.59 Å². The topological polar surface area (TPSA) is 34.1 Å². The van der Waals surface area contributed by atoms with Crippen molar-refractivity contribution in [2.75, 3.05) is 0 Å². The second-order valence-corrected chi connectivity index (χ2v) is 4.91. The number of ketones is 2. The molecule has 2 nitrogen and oxygen atoms in total. The highest BCUT2D eigenvalue weighted by molar-refractivity contribution is 5.92. The fraction of sp³-hybridized carbons (Fsp3) is 0.818. The number of Topliss-reactive ketones (excluding diaryl/α,β-unsaturated/α-hetero) is 2. The highest BCUT2D eigenvalue weighted by Gasteiger charge is 2.60. The molecule has 3 saturated carbocycles. The lowest BCUT2D eigenvalue weighted by Crippen LogP contribution is -2.32. The molecule has 3 aliphatic rings. The Bertz CT molecular complexity index is 292. The molecule has 3 aliphatic carbocycles. The van der Waals surface area contributed by atoms with Gasteiger partial charge in [0, 0.05) is 24.7 Å². The maximum Gasteiger partial charge on any atom is 0.136 e. The first-order chi connectivity index (χ1) is 6.20. The summed E-state index contributed by atoms with van der Waals surface area (Å²) in [6, 6.07) is 0. The average molecular weight is 178 g/mol. The first kappa shape index (κ1) is 7.72. The molecular weight excluding hydrogens is 164 g/mol. The minimum absolute atomic E-state index is 0.251. The van der Waals surface area contributed by atoms with E-state index in [4.69, 9.17) is 0 Å². The standard InChI is InChI=1S/C11H14O2/c1-5-10-6-2-3-8(12)11(5)7(6)4-9(10)13/h5-7,10-11H,2-4H2,1H3/t5?,6?,7-,10-,11-/m0/s1. The minimum atomic E-state index is 0.251. The van der Waals surface area contributed by atoms with E-state index in [1.54, 1.807) is 0 Å². The van der Waals surface area contributed by atoms with E-state index in [-0.39, 0.29) is 11.8 Å². The Labute approximate surface area is 77.7 Å². The maximum atomic E-state index is 11.6. The van der Waals surface area contributed by atoms with Gasteiger partial charge in [0.05, 0.1) is 0 Å². The smallest absolute Gasteiger partial charge is 0.136 e. The SMILES string of the molecule is CC1[C@@H]2C(=O)C[C@H]3C2CCC(=O)[C@@H]13. The third kappa shape index (κ3) is 0.749. The first-order valence-corrected chi connectivity index (χ1v) is 5.25. The zero-order valence-electron chi connectivity index (χ0n) is 7.82. The number of carbonyl (C=O) groups is 2. The van der Waals surface area contributed by atoms with Crippen LogP contribution in [0.25, 0.3) is 0 Å². The van der Waals surface area contributed by atoms with Crippen molar-refractivity contribution in [1.29, 1.82) is 0 Å². The fourth-order valence-electron chi connectivity index (χ4n) is 4.12. The Morgan fingerprint density at radius 1 is 1.08 bits per heavy atom. The molecule has 0 aromatic rings. The van der Waals surface area contributed by atoms with Crippen molar-refractivity contribution in [3.63, 3.8) is 0 Å². The van der Waals surface area contributed by atoms with Crippen LogP contribution < -0.4 is 0 Å². The van der Waals surface area contributed by atoms with Crippen LogP contribution in [-0.4, -0.2) is 11.6 Å². The van der Waals surface area contributed by atoms with Crippen molar-refractivity contribution >= 4 is 11.6 Å². The summed E-state index contributed by atoms with van der Waals surface area (Å²) in [5.74, 6) is 2.74. The molecule has 2 heteroatoms. The van der Waals surface area contributed by atoms with Crippen LogP contribution in [0, 0.1) is 29.6 Å². The zero-order chi connectivity index (χ0) is 9.16. The van der Waals surface area contributed by atoms with Gasteiger partial charge in [0.25, 0.3) is 0 Å². The lowest BCUT2D eigenvalue weighted by atomic mass is 9.75. The molecule has 0 aromatic heterocycles. The van der Waals surface area contributed by atoms with Gasteiger partial charge in [0.15, 0.2) is 0 Å². The lowest BCUT2D eigenvalue weighted by Gasteiger charge is -2.27. The minimum Gasteiger partial charge on any atom is -0.299 e. The molecule has 5 atom stereocenters. The van der Waals surface area contributed by atoms with Crippen LogP contribution in [0.4, 0.5) is 0 Å². The second kappa shape index (κ2) is 2.23. The molecule has 3 fully saturated rings. The molecule has 70 valence electrons. The van der Waals surface area contributed by atoms with Gasteiger partial charge in [-0.15, -0.1) is 0 Å². The zero-order valence-corrected chi connectivity index (χ0v) is 7.82. The van der Waals surface area contributed by atoms with Crippen LogP contribution in [0.2, 0.25) is 0 Å². The normalized spacial score (nSPS) is 53.2. The van der Waals surface area contributed by atoms with Gasteiger partial charge in [-0.1, -0.05) is 6.92 Å². The van der Waals surface area contributed by atoms with Crippen LogP contribution in [0.1, 0.15) is 26.2 Å². The van der Waals surface area contributed by atoms with Crippen molar-refractivity contribution in [1.82, 2.24) is 0 Å². The van der Waals surface area contributed by atoms with Crippen LogP contribution in [0.15, 0.2) is 0 Å². The molecule has 2 unspecified atom stereocenters. The maximum absolute atomic E-state index is 11.6. The van der Waals surface area contributed by atoms with Gasteiger partial charge in [0.2, 0.25) is 0 Å². The highest BCUT2D eigenvalue weighted by atomic mass is 16.1. The van der Waals surface area contributed by atoms with E-state index in [0.29, 0.717) is 35.7 Å². The Morgan fingerprint density at radius 2 is 1.77 bits per heavy atom. The van der Waals surface area contributed by atoms with Gasteiger partial charge < -0.3 is 0 Å². The van der Waals surface area contributed by atoms with Crippen LogP contribution >= 0.6 is 0 Å². The molecule has 0 N–H and O–H groups in total. The predicted octanol–water partition coefficient (Wildman–Crippen LogP) is 1.44. The summed E-state index contributed by atoms with van der Waals surface area (Å²) in [4.78, 5) is 23.2. The number of carbonyl (C=O) groups excluding carboxylic acids is 2. The first-order valence-electron chi connectivity index (χ1n) is 5.25. The molecule has 0 heterocycles. The Hall–Kier alpha value is -0.660. The summed E-state index contributed by atoms with van der Waals surface area (Å²) >= 11 is 0. The Balaban J connectivity index is 2.05. The molecular formula is C11H14O2. The van der Waals surface area contributed by atoms with Crippen molar-refractivity contribution in [3.05, 3.63) is 0 Å². The molecule has 3 rings (SSSR count). The van der Waals surface area contributed by atoms with Gasteiger partial charge in [-0.25, -0.2) is 0 Å². The predicted molar refractivity (Wildman–Crippen MR) is 47.0 cm³/mol. The summed E-state index contributed by atoms with van der Waals surface area (Å²) in [7, 11) is 0. The third-order valence-electron chi connectivity index (χ3n) is 4.51. The van der Waals surface area contributed by atoms with E-state index >= 15 is 0 Å². The summed E-state index contributed by atoms with van der Waals surface area (Å²) in [5.41, 5.74) is 0. The molecule has 4 bridgehead atoms. The summed E-state index contributed by atoms with van der Waals surface area (Å²) in [6.07, 6.45) is 2.43. The monoisotopic (exact) mass is 178 g/mol. The van der Waals surface area contributed by atoms with Crippen molar-refractivity contribution < 1.29 is 9.59 Å². The molecule has 0 radical (unpaired) electrons. The molecule has 0 aliphatic heterocycles. The van der Waals surface area contributed by atoms with Gasteiger partial charge in [-0.05, 0) is 24.2 Å². The average Bonchev–Trinajstić information content (AvgIpc) is 2.47. The lowest BCUT2D eigenvalue weighted by molar-refractivity contribution is -0.130. The van der Waals surface area contributed by atoms with E-state index in [2.05, 4.69) is 6.92 Å². The van der Waals surface area contributed by atoms with Crippen molar-refractivity contribution in [2.24, 2.45) is 29.6 Å². The highest BCUT2D eigenvalue weighted by Crippen LogP contribution is 2.58. The largest absolute Gasteiger partial charge is 0.299 e. The number of rotatable bonds is 0. The number of hydrogen-bond acceptors (Lipinski definition) is 2. The third-order valence-corrected chi connectivity index (χ3v) is 4.51. The van der Waals surface area contributed by atoms with E-state index in [9.17, 15) is 9.59 Å². The Kier molecular flexibility index (Phi) is 1.32. The Morgan fingerprint density at radius 3 is 2.54 bits per heavy atom. The second-order valence-electron chi connectivity index (χ2n) is 4.91. The summed E-state index contributed by atoms with van der Waals surface area (Å²) in [5, 5.41) is 0. The quantitative estimate of drug-likeness (QED) is 0.562. The molecule has 0 aromatic carbocycles. The van der Waals surface area contributed by atoms with Gasteiger partial charge in [-0.2, -0.15) is 0 Å². The van der Waals surface area contributed by atoms with Gasteiger partial charge in [0.1, 0.15) is 11.6 Å². The molecule has 0 saturated heterocycles. The van der Waals surface area contributed by atoms with Crippen LogP contribution in [0.3, 0.4) is 0 Å². The fourth-order valence-corrected chi connectivity index (χ4v) is 4.12. The molecule has 0 spiro atoms. The van der Waals surface area contributed by atoms with Crippen LogP contribution in [0.5, 0.6) is 0 Å². The van der Waals surface area contributed by atoms with Crippen molar-refractivity contribution in [3.8, 4) is 0 Å². The summed E-state index contributed by atoms with van der Waals surface area (Å²) < 4.78 is 0. The van der Waals surface area contributed by atoms with E-state index in [1.807, 2.05) is 0 Å². The van der Waals surface area contributed by atoms with E-state index < -0.39 is 0 Å². The molecule has 13 heavy (non-hydrogen) atoms. The van der Waals surface area contributed by atoms with Crippen molar-refractivity contribution in [2.45, 2.75) is 26.2 Å². The summed E-state index contributed by atoms with van der Waals surface area (Å²) in [6.45, 7) is 2.10.